The fraction of sp³-hybridized carbons (Fsp3) is 0.750. The van der Waals surface area contributed by atoms with Gasteiger partial charge in [-0.15, -0.1) is 0 Å². The number of likely N-dealkylation sites (N-methyl/N-ethyl adjacent to an activating group) is 1. The molecule has 9 heavy (non-hydrogen) atoms. The molecule has 5 heteroatoms. The van der Waals surface area contributed by atoms with E-state index in [4.69, 9.17) is 10.5 Å². The van der Waals surface area contributed by atoms with Gasteiger partial charge >= 0.3 is 0 Å². The number of carboxylic acid groups (broad SMARTS) is 1. The lowest BCUT2D eigenvalue weighted by molar-refractivity contribution is -0.852. The molecular formula is C4H11NO4. The summed E-state index contributed by atoms with van der Waals surface area (Å²) in [6.07, 6.45) is 0. The molecule has 0 amide bonds. The SMILES string of the molecule is C[NH+](C)CC(=O)[O-].OO. The van der Waals surface area contributed by atoms with Gasteiger partial charge in [0.15, 0.2) is 0 Å². The summed E-state index contributed by atoms with van der Waals surface area (Å²) in [5.74, 6) is -1.000. The first kappa shape index (κ1) is 11.2. The number of carbonyl (C=O) groups excluding carboxylic acids is 1. The molecule has 0 fully saturated rings. The van der Waals surface area contributed by atoms with Crippen molar-refractivity contribution in [2.45, 2.75) is 0 Å². The zero-order valence-corrected chi connectivity index (χ0v) is 5.42. The predicted molar refractivity (Wildman–Crippen MR) is 27.9 cm³/mol. The number of carbonyl (C=O) groups is 1. The van der Waals surface area contributed by atoms with Crippen molar-refractivity contribution in [1.29, 1.82) is 0 Å². The maximum Gasteiger partial charge on any atom is 0.117 e. The smallest absolute Gasteiger partial charge is 0.117 e. The van der Waals surface area contributed by atoms with Crippen molar-refractivity contribution in [2.75, 3.05) is 20.6 Å². The van der Waals surface area contributed by atoms with E-state index in [9.17, 15) is 9.90 Å². The first-order valence-electron chi connectivity index (χ1n) is 2.32. The van der Waals surface area contributed by atoms with Crippen LogP contribution in [0, 0.1) is 0 Å². The van der Waals surface area contributed by atoms with E-state index in [2.05, 4.69) is 0 Å². The number of quaternary nitrogens is 1. The minimum Gasteiger partial charge on any atom is -0.544 e. The van der Waals surface area contributed by atoms with E-state index >= 15 is 0 Å². The van der Waals surface area contributed by atoms with Gasteiger partial charge in [-0.3, -0.25) is 10.5 Å². The summed E-state index contributed by atoms with van der Waals surface area (Å²) >= 11 is 0. The maximum absolute atomic E-state index is 9.68. The largest absolute Gasteiger partial charge is 0.544 e. The molecule has 0 bridgehead atoms. The average Bonchev–Trinajstić information content (AvgIpc) is 1.68. The van der Waals surface area contributed by atoms with Crippen molar-refractivity contribution in [3.63, 3.8) is 0 Å². The molecule has 0 saturated carbocycles. The minimum absolute atomic E-state index is 0.0833. The van der Waals surface area contributed by atoms with Crippen molar-refractivity contribution in [1.82, 2.24) is 0 Å². The molecule has 0 radical (unpaired) electrons. The summed E-state index contributed by atoms with van der Waals surface area (Å²) in [5.41, 5.74) is 0. The second-order valence-corrected chi connectivity index (χ2v) is 1.76. The van der Waals surface area contributed by atoms with E-state index in [0.717, 1.165) is 4.90 Å². The van der Waals surface area contributed by atoms with Crippen LogP contribution in [0.25, 0.3) is 0 Å². The zero-order valence-electron chi connectivity index (χ0n) is 5.42. The van der Waals surface area contributed by atoms with Gasteiger partial charge < -0.3 is 14.8 Å². The highest BCUT2D eigenvalue weighted by molar-refractivity contribution is 5.65. The standard InChI is InChI=1S/C4H9NO2.H2O2/c1-5(2)3-4(6)7;1-2/h3H2,1-2H3,(H,6,7);1-2H. The normalized spacial score (nSPS) is 8.11. The number of nitrogens with one attached hydrogen (secondary N) is 1. The molecule has 0 heterocycles. The molecule has 0 aliphatic heterocycles. The van der Waals surface area contributed by atoms with Gasteiger partial charge in [-0.1, -0.05) is 0 Å². The van der Waals surface area contributed by atoms with Gasteiger partial charge in [0.1, 0.15) is 6.54 Å². The fourth-order valence-corrected chi connectivity index (χ4v) is 0.289. The Labute approximate surface area is 53.1 Å². The zero-order chi connectivity index (χ0) is 7.86. The summed E-state index contributed by atoms with van der Waals surface area (Å²) in [4.78, 5) is 10.6. The molecule has 0 atom stereocenters. The molecule has 0 spiro atoms. The lowest BCUT2D eigenvalue weighted by Crippen LogP contribution is -3.07. The Bertz CT molecular complexity index is 73.0. The van der Waals surface area contributed by atoms with Crippen LogP contribution in [0.2, 0.25) is 0 Å². The summed E-state index contributed by atoms with van der Waals surface area (Å²) in [6, 6.07) is 0. The molecule has 0 aromatic heterocycles. The van der Waals surface area contributed by atoms with Crippen molar-refractivity contribution in [2.24, 2.45) is 0 Å². The summed E-state index contributed by atoms with van der Waals surface area (Å²) in [6.45, 7) is 0.0833. The van der Waals surface area contributed by atoms with E-state index < -0.39 is 5.97 Å². The number of carboxylic acids is 1. The molecule has 0 rings (SSSR count). The summed E-state index contributed by atoms with van der Waals surface area (Å²) in [7, 11) is 3.52. The molecule has 0 unspecified atom stereocenters. The van der Waals surface area contributed by atoms with Crippen LogP contribution in [-0.2, 0) is 4.79 Å². The first-order valence-corrected chi connectivity index (χ1v) is 2.32. The van der Waals surface area contributed by atoms with Gasteiger partial charge in [-0.2, -0.15) is 0 Å². The van der Waals surface area contributed by atoms with Crippen molar-refractivity contribution in [3.05, 3.63) is 0 Å². The number of rotatable bonds is 2. The number of hydrogen-bond donors (Lipinski definition) is 3. The van der Waals surface area contributed by atoms with Crippen LogP contribution in [0.1, 0.15) is 0 Å². The fourth-order valence-electron chi connectivity index (χ4n) is 0.289. The Hall–Kier alpha value is -0.650. The van der Waals surface area contributed by atoms with Crippen LogP contribution in [0.15, 0.2) is 0 Å². The van der Waals surface area contributed by atoms with E-state index in [1.54, 1.807) is 14.1 Å². The highest BCUT2D eigenvalue weighted by Crippen LogP contribution is 1.36. The molecule has 0 aromatic rings. The second-order valence-electron chi connectivity index (χ2n) is 1.76. The lowest BCUT2D eigenvalue weighted by Gasteiger charge is -2.05. The first-order chi connectivity index (χ1) is 4.13. The maximum atomic E-state index is 9.68. The minimum atomic E-state index is -1.000. The molecule has 5 nitrogen and oxygen atoms in total. The van der Waals surface area contributed by atoms with E-state index in [1.165, 1.54) is 0 Å². The van der Waals surface area contributed by atoms with Crippen LogP contribution in [0.3, 0.4) is 0 Å². The van der Waals surface area contributed by atoms with Crippen molar-refractivity contribution >= 4 is 5.97 Å². The third-order valence-corrected chi connectivity index (χ3v) is 0.498. The number of aliphatic carboxylic acids is 1. The van der Waals surface area contributed by atoms with E-state index in [1.807, 2.05) is 0 Å². The summed E-state index contributed by atoms with van der Waals surface area (Å²) in [5, 5.41) is 21.7. The van der Waals surface area contributed by atoms with Crippen LogP contribution >= 0.6 is 0 Å². The predicted octanol–water partition coefficient (Wildman–Crippen LogP) is -3.10. The van der Waals surface area contributed by atoms with Gasteiger partial charge in [0.05, 0.1) is 20.1 Å². The molecule has 3 N–H and O–H groups in total. The van der Waals surface area contributed by atoms with Crippen LogP contribution < -0.4 is 10.0 Å². The van der Waals surface area contributed by atoms with Crippen LogP contribution in [-0.4, -0.2) is 37.1 Å². The highest BCUT2D eigenvalue weighted by Gasteiger charge is 1.88. The van der Waals surface area contributed by atoms with Crippen LogP contribution in [0.4, 0.5) is 0 Å². The van der Waals surface area contributed by atoms with E-state index in [-0.39, 0.29) is 6.54 Å². The van der Waals surface area contributed by atoms with E-state index in [0.29, 0.717) is 0 Å². The Morgan fingerprint density at radius 2 is 1.89 bits per heavy atom. The number of hydrogen-bond acceptors (Lipinski definition) is 4. The second kappa shape index (κ2) is 7.35. The average molecular weight is 137 g/mol. The van der Waals surface area contributed by atoms with Gasteiger partial charge in [-0.25, -0.2) is 0 Å². The monoisotopic (exact) mass is 137 g/mol. The Morgan fingerprint density at radius 3 is 1.89 bits per heavy atom. The molecule has 0 aliphatic rings. The highest BCUT2D eigenvalue weighted by atomic mass is 17.0. The van der Waals surface area contributed by atoms with Gasteiger partial charge in [0, 0.05) is 0 Å². The third-order valence-electron chi connectivity index (χ3n) is 0.498. The molecular weight excluding hydrogens is 126 g/mol. The van der Waals surface area contributed by atoms with Gasteiger partial charge in [-0.05, 0) is 0 Å². The quantitative estimate of drug-likeness (QED) is 0.278. The Morgan fingerprint density at radius 1 is 1.56 bits per heavy atom. The molecule has 0 aliphatic carbocycles. The van der Waals surface area contributed by atoms with Gasteiger partial charge in [0.2, 0.25) is 0 Å². The molecule has 0 aromatic carbocycles. The Kier molecular flexibility index (Phi) is 9.14. The summed E-state index contributed by atoms with van der Waals surface area (Å²) < 4.78 is 0. The van der Waals surface area contributed by atoms with Crippen molar-refractivity contribution in [3.8, 4) is 0 Å². The lowest BCUT2D eigenvalue weighted by atomic mass is 10.6. The molecule has 0 saturated heterocycles. The van der Waals surface area contributed by atoms with Crippen molar-refractivity contribution < 1.29 is 25.3 Å². The van der Waals surface area contributed by atoms with Gasteiger partial charge in [0.25, 0.3) is 0 Å². The Balaban J connectivity index is 0. The third kappa shape index (κ3) is 18.7. The van der Waals surface area contributed by atoms with Crippen LogP contribution in [0.5, 0.6) is 0 Å². The molecule has 56 valence electrons. The topological polar surface area (TPSA) is 85.0 Å².